The molecule has 0 saturated carbocycles. The van der Waals surface area contributed by atoms with Crippen LogP contribution < -0.4 is 4.74 Å². The molecule has 5 rings (SSSR count). The molecule has 1 aromatic heterocycles. The third kappa shape index (κ3) is 4.97. The Balaban J connectivity index is 1.57. The van der Waals surface area contributed by atoms with Gasteiger partial charge in [0.1, 0.15) is 29.8 Å². The van der Waals surface area contributed by atoms with Gasteiger partial charge in [0, 0.05) is 0 Å². The average Bonchev–Trinajstić information content (AvgIpc) is 3.38. The molecule has 1 aliphatic rings. The molecule has 0 unspecified atom stereocenters. The van der Waals surface area contributed by atoms with Gasteiger partial charge in [-0.1, -0.05) is 24.3 Å². The SMILES string of the molecule is O=C(O)c1ccc(-n2nc(-c3ccccc3O[C@@H]3O[C@H](C(=O)O)[C@@H](O)[C@H](O)[C@H]3O)nc2-c2ccccc2O)cc1. The molecule has 40 heavy (non-hydrogen) atoms. The van der Waals surface area contributed by atoms with Crippen molar-refractivity contribution >= 4 is 11.9 Å². The molecule has 13 nitrogen and oxygen atoms in total. The Kier molecular flexibility index (Phi) is 7.19. The molecule has 4 aromatic rings. The number of benzene rings is 3. The number of aromatic carboxylic acids is 1. The first-order valence-corrected chi connectivity index (χ1v) is 11.9. The highest BCUT2D eigenvalue weighted by Gasteiger charge is 2.48. The molecule has 1 aliphatic heterocycles. The number of aliphatic hydroxyl groups excluding tert-OH is 3. The van der Waals surface area contributed by atoms with Crippen molar-refractivity contribution in [2.45, 2.75) is 30.7 Å². The number of aliphatic carboxylic acids is 1. The lowest BCUT2D eigenvalue weighted by Crippen LogP contribution is -2.61. The van der Waals surface area contributed by atoms with Gasteiger partial charge in [0.05, 0.1) is 22.4 Å². The van der Waals surface area contributed by atoms with Crippen LogP contribution in [0.5, 0.6) is 11.5 Å². The quantitative estimate of drug-likeness (QED) is 0.193. The fourth-order valence-corrected chi connectivity index (χ4v) is 4.22. The number of phenolic OH excluding ortho intramolecular Hbond substituents is 1. The minimum absolute atomic E-state index is 0.0569. The molecule has 0 spiro atoms. The Morgan fingerprint density at radius 2 is 1.48 bits per heavy atom. The van der Waals surface area contributed by atoms with Gasteiger partial charge in [0.25, 0.3) is 0 Å². The van der Waals surface area contributed by atoms with Crippen LogP contribution in [0.1, 0.15) is 10.4 Å². The van der Waals surface area contributed by atoms with Crippen molar-refractivity contribution in [1.82, 2.24) is 14.8 Å². The van der Waals surface area contributed by atoms with Crippen LogP contribution in [0.2, 0.25) is 0 Å². The molecular formula is C27H23N3O10. The van der Waals surface area contributed by atoms with E-state index in [0.717, 1.165) is 0 Å². The van der Waals surface area contributed by atoms with Crippen LogP contribution in [0, 0.1) is 0 Å². The molecule has 0 aliphatic carbocycles. The van der Waals surface area contributed by atoms with Crippen molar-refractivity contribution in [1.29, 1.82) is 0 Å². The Bertz CT molecular complexity index is 1550. The second kappa shape index (κ2) is 10.7. The molecule has 2 heterocycles. The van der Waals surface area contributed by atoms with E-state index in [1.807, 2.05) is 0 Å². The predicted octanol–water partition coefficient (Wildman–Crippen LogP) is 1.28. The van der Waals surface area contributed by atoms with Crippen LogP contribution in [0.15, 0.2) is 72.8 Å². The summed E-state index contributed by atoms with van der Waals surface area (Å²) in [6.45, 7) is 0. The Morgan fingerprint density at radius 1 is 0.825 bits per heavy atom. The van der Waals surface area contributed by atoms with Crippen molar-refractivity contribution in [2.75, 3.05) is 0 Å². The molecule has 0 bridgehead atoms. The van der Waals surface area contributed by atoms with Gasteiger partial charge in [0.2, 0.25) is 6.29 Å². The summed E-state index contributed by atoms with van der Waals surface area (Å²) in [6, 6.07) is 18.6. The minimum atomic E-state index is -1.88. The van der Waals surface area contributed by atoms with Crippen molar-refractivity contribution in [2.24, 2.45) is 0 Å². The van der Waals surface area contributed by atoms with Crippen LogP contribution in [0.3, 0.4) is 0 Å². The van der Waals surface area contributed by atoms with Crippen LogP contribution in [0.4, 0.5) is 0 Å². The Hall–Kier alpha value is -4.82. The molecule has 5 atom stereocenters. The number of hydrogen-bond donors (Lipinski definition) is 6. The summed E-state index contributed by atoms with van der Waals surface area (Å²) in [6.07, 6.45) is -9.04. The first-order chi connectivity index (χ1) is 19.2. The van der Waals surface area contributed by atoms with E-state index in [0.29, 0.717) is 11.3 Å². The van der Waals surface area contributed by atoms with Gasteiger partial charge < -0.3 is 40.1 Å². The fraction of sp³-hybridized carbons (Fsp3) is 0.185. The predicted molar refractivity (Wildman–Crippen MR) is 136 cm³/mol. The maximum atomic E-state index is 11.5. The van der Waals surface area contributed by atoms with Crippen LogP contribution in [-0.2, 0) is 9.53 Å². The van der Waals surface area contributed by atoms with E-state index in [2.05, 4.69) is 10.1 Å². The third-order valence-corrected chi connectivity index (χ3v) is 6.29. The van der Waals surface area contributed by atoms with Crippen LogP contribution in [0.25, 0.3) is 28.5 Å². The van der Waals surface area contributed by atoms with Gasteiger partial charge in [0.15, 0.2) is 17.8 Å². The number of ether oxygens (including phenoxy) is 2. The lowest BCUT2D eigenvalue weighted by molar-refractivity contribution is -0.271. The van der Waals surface area contributed by atoms with Crippen molar-refractivity contribution in [3.8, 4) is 40.0 Å². The number of carboxylic acid groups (broad SMARTS) is 2. The molecule has 3 aromatic carbocycles. The van der Waals surface area contributed by atoms with E-state index in [4.69, 9.17) is 9.47 Å². The Labute approximate surface area is 225 Å². The molecule has 0 radical (unpaired) electrons. The molecular weight excluding hydrogens is 526 g/mol. The first kappa shape index (κ1) is 26.8. The normalized spacial score (nSPS) is 22.5. The number of para-hydroxylation sites is 2. The second-order valence-corrected chi connectivity index (χ2v) is 8.89. The third-order valence-electron chi connectivity index (χ3n) is 6.29. The highest BCUT2D eigenvalue weighted by atomic mass is 16.7. The summed E-state index contributed by atoms with van der Waals surface area (Å²) in [5, 5.41) is 64.2. The van der Waals surface area contributed by atoms with Crippen molar-refractivity contribution in [3.63, 3.8) is 0 Å². The number of carbonyl (C=O) groups is 2. The zero-order chi connectivity index (χ0) is 28.6. The van der Waals surface area contributed by atoms with E-state index in [9.17, 15) is 40.2 Å². The first-order valence-electron chi connectivity index (χ1n) is 11.9. The van der Waals surface area contributed by atoms with Gasteiger partial charge >= 0.3 is 11.9 Å². The number of aromatic hydroxyl groups is 1. The number of phenols is 1. The molecule has 13 heteroatoms. The summed E-state index contributed by atoms with van der Waals surface area (Å²) in [4.78, 5) is 27.4. The fourth-order valence-electron chi connectivity index (χ4n) is 4.22. The lowest BCUT2D eigenvalue weighted by atomic mass is 9.99. The van der Waals surface area contributed by atoms with Gasteiger partial charge in [-0.05, 0) is 48.5 Å². The van der Waals surface area contributed by atoms with Gasteiger partial charge in [-0.3, -0.25) is 0 Å². The molecule has 0 amide bonds. The van der Waals surface area contributed by atoms with E-state index >= 15 is 0 Å². The molecule has 1 fully saturated rings. The molecule has 206 valence electrons. The van der Waals surface area contributed by atoms with Crippen molar-refractivity contribution < 1.29 is 49.7 Å². The van der Waals surface area contributed by atoms with Gasteiger partial charge in [-0.25, -0.2) is 19.3 Å². The largest absolute Gasteiger partial charge is 0.507 e. The van der Waals surface area contributed by atoms with E-state index in [1.165, 1.54) is 41.1 Å². The monoisotopic (exact) mass is 549 g/mol. The summed E-state index contributed by atoms with van der Waals surface area (Å²) >= 11 is 0. The average molecular weight is 549 g/mol. The zero-order valence-electron chi connectivity index (χ0n) is 20.5. The Morgan fingerprint density at radius 3 is 2.12 bits per heavy atom. The number of nitrogens with zero attached hydrogens (tertiary/aromatic N) is 3. The maximum absolute atomic E-state index is 11.5. The highest BCUT2D eigenvalue weighted by molar-refractivity contribution is 5.87. The van der Waals surface area contributed by atoms with Crippen LogP contribution in [-0.4, -0.2) is 88.0 Å². The molecule has 1 saturated heterocycles. The number of carboxylic acids is 2. The summed E-state index contributed by atoms with van der Waals surface area (Å²) < 4.78 is 12.4. The minimum Gasteiger partial charge on any atom is -0.507 e. The lowest BCUT2D eigenvalue weighted by Gasteiger charge is -2.38. The number of rotatable bonds is 7. The van der Waals surface area contributed by atoms with Gasteiger partial charge in [-0.2, -0.15) is 0 Å². The summed E-state index contributed by atoms with van der Waals surface area (Å²) in [5.74, 6) is -2.38. The zero-order valence-corrected chi connectivity index (χ0v) is 20.5. The number of aromatic nitrogens is 3. The number of aliphatic hydroxyl groups is 3. The highest BCUT2D eigenvalue weighted by Crippen LogP contribution is 2.35. The van der Waals surface area contributed by atoms with E-state index in [-0.39, 0.29) is 34.3 Å². The van der Waals surface area contributed by atoms with E-state index < -0.39 is 42.6 Å². The standard InChI is InChI=1S/C27H23N3O10/c31-17-7-3-1-5-15(17)24-28-23(29-30(24)14-11-9-13(10-12-14)25(35)36)16-6-2-4-8-18(16)39-27-21(34)19(32)20(33)22(40-27)26(37)38/h1-12,19-22,27,31-34H,(H,35,36)(H,37,38)/t19-,20-,21+,22-,27+/m0/s1. The summed E-state index contributed by atoms with van der Waals surface area (Å²) in [5.41, 5.74) is 1.11. The topological polar surface area (TPSA) is 205 Å². The maximum Gasteiger partial charge on any atom is 0.335 e. The summed E-state index contributed by atoms with van der Waals surface area (Å²) in [7, 11) is 0. The van der Waals surface area contributed by atoms with Crippen LogP contribution >= 0.6 is 0 Å². The van der Waals surface area contributed by atoms with Gasteiger partial charge in [-0.15, -0.1) is 5.10 Å². The van der Waals surface area contributed by atoms with E-state index in [1.54, 1.807) is 36.4 Å². The second-order valence-electron chi connectivity index (χ2n) is 8.89. The molecule has 6 N–H and O–H groups in total. The van der Waals surface area contributed by atoms with Crippen molar-refractivity contribution in [3.05, 3.63) is 78.4 Å². The number of hydrogen-bond acceptors (Lipinski definition) is 10. The smallest absolute Gasteiger partial charge is 0.335 e.